The van der Waals surface area contributed by atoms with E-state index in [0.717, 1.165) is 31.4 Å². The molecule has 0 aromatic rings. The summed E-state index contributed by atoms with van der Waals surface area (Å²) in [6.07, 6.45) is 11.4. The fourth-order valence-corrected chi connectivity index (χ4v) is 5.66. The van der Waals surface area contributed by atoms with Crippen molar-refractivity contribution in [3.63, 3.8) is 0 Å². The lowest BCUT2D eigenvalue weighted by Gasteiger charge is -2.39. The van der Waals surface area contributed by atoms with E-state index < -0.39 is 18.1 Å². The van der Waals surface area contributed by atoms with Gasteiger partial charge in [0.25, 0.3) is 0 Å². The van der Waals surface area contributed by atoms with Gasteiger partial charge in [0.1, 0.15) is 0 Å². The zero-order chi connectivity index (χ0) is 38.9. The highest BCUT2D eigenvalue weighted by molar-refractivity contribution is 5.81. The predicted octanol–water partition coefficient (Wildman–Crippen LogP) is 5.26. The minimum Gasteiger partial charge on any atom is -0.379 e. The summed E-state index contributed by atoms with van der Waals surface area (Å²) in [4.78, 5) is 53.6. The average Bonchev–Trinajstić information content (AvgIpc) is 3.57. The lowest BCUT2D eigenvalue weighted by atomic mass is 9.90. The number of nitrogens with two attached hydrogens (primary N) is 1. The second kappa shape index (κ2) is 27.7. The van der Waals surface area contributed by atoms with Crippen LogP contribution >= 0.6 is 0 Å². The Bertz CT molecular complexity index is 1040. The zero-order valence-corrected chi connectivity index (χ0v) is 33.6. The van der Waals surface area contributed by atoms with Crippen molar-refractivity contribution >= 4 is 24.1 Å². The molecule has 0 aliphatic carbocycles. The van der Waals surface area contributed by atoms with Gasteiger partial charge in [-0.2, -0.15) is 0 Å². The molecule has 6 unspecified atom stereocenters. The Morgan fingerprint density at radius 1 is 1.12 bits per heavy atom. The van der Waals surface area contributed by atoms with Gasteiger partial charge >= 0.3 is 0 Å². The first-order valence-corrected chi connectivity index (χ1v) is 18.3. The molecule has 11 heteroatoms. The molecule has 50 heavy (non-hydrogen) atoms. The van der Waals surface area contributed by atoms with Crippen molar-refractivity contribution in [3.8, 4) is 0 Å². The van der Waals surface area contributed by atoms with E-state index in [1.807, 2.05) is 50.8 Å². The number of amides is 4. The van der Waals surface area contributed by atoms with Crippen LogP contribution in [0.2, 0.25) is 0 Å². The number of nitrogens with zero attached hydrogens (tertiary/aromatic N) is 2. The largest absolute Gasteiger partial charge is 0.379 e. The lowest BCUT2D eigenvalue weighted by Crippen LogP contribution is -2.54. The molecule has 1 rings (SSSR count). The maximum absolute atomic E-state index is 13.7. The number of hydrogen-bond acceptors (Lipinski definition) is 7. The fourth-order valence-electron chi connectivity index (χ4n) is 5.66. The molecule has 1 heterocycles. The molecule has 0 bridgehead atoms. The molecule has 4 amide bonds. The number of carbonyl (C=O) groups is 4. The molecule has 4 N–H and O–H groups in total. The van der Waals surface area contributed by atoms with Crippen LogP contribution < -0.4 is 16.4 Å². The molecule has 1 aliphatic rings. The number of rotatable bonds is 19. The van der Waals surface area contributed by atoms with Crippen molar-refractivity contribution in [3.05, 3.63) is 36.5 Å². The van der Waals surface area contributed by atoms with E-state index in [2.05, 4.69) is 51.8 Å². The van der Waals surface area contributed by atoms with Crippen LogP contribution in [0.15, 0.2) is 36.5 Å². The highest BCUT2D eigenvalue weighted by Gasteiger charge is 2.41. The van der Waals surface area contributed by atoms with Crippen LogP contribution in [0.4, 0.5) is 0 Å². The van der Waals surface area contributed by atoms with Crippen molar-refractivity contribution in [2.75, 3.05) is 47.4 Å². The molecule has 0 radical (unpaired) electrons. The van der Waals surface area contributed by atoms with Gasteiger partial charge in [0.15, 0.2) is 0 Å². The highest BCUT2D eigenvalue weighted by Crippen LogP contribution is 2.29. The average molecular weight is 708 g/mol. The molecular weight excluding hydrogens is 634 g/mol. The molecule has 0 saturated carbocycles. The molecule has 290 valence electrons. The van der Waals surface area contributed by atoms with Gasteiger partial charge in [-0.25, -0.2) is 0 Å². The maximum Gasteiger partial charge on any atom is 0.242 e. The normalized spacial score (nSPS) is 17.6. The van der Waals surface area contributed by atoms with Crippen LogP contribution in [-0.4, -0.2) is 106 Å². The van der Waals surface area contributed by atoms with Crippen molar-refractivity contribution in [1.29, 1.82) is 0 Å². The summed E-state index contributed by atoms with van der Waals surface area (Å²) >= 11 is 0. The minimum atomic E-state index is -0.541. The molecule has 1 saturated heterocycles. The van der Waals surface area contributed by atoms with Crippen molar-refractivity contribution < 1.29 is 28.7 Å². The Hall–Kier alpha value is -3.02. The van der Waals surface area contributed by atoms with E-state index in [1.165, 1.54) is 6.42 Å². The second-order valence-corrected chi connectivity index (χ2v) is 14.1. The van der Waals surface area contributed by atoms with E-state index in [1.54, 1.807) is 32.2 Å². The molecule has 11 nitrogen and oxygen atoms in total. The summed E-state index contributed by atoms with van der Waals surface area (Å²) < 4.78 is 11.6. The van der Waals surface area contributed by atoms with E-state index >= 15 is 0 Å². The third-order valence-electron chi connectivity index (χ3n) is 8.68. The van der Waals surface area contributed by atoms with Crippen LogP contribution in [0, 0.1) is 17.3 Å². The molecule has 0 aromatic carbocycles. The van der Waals surface area contributed by atoms with E-state index in [9.17, 15) is 19.2 Å². The van der Waals surface area contributed by atoms with E-state index in [0.29, 0.717) is 31.3 Å². The number of allylic oxidation sites excluding steroid dienone is 4. The van der Waals surface area contributed by atoms with Crippen LogP contribution in [0.5, 0.6) is 0 Å². The van der Waals surface area contributed by atoms with Crippen LogP contribution in [0.3, 0.4) is 0 Å². The minimum absolute atomic E-state index is 0.0532. The summed E-state index contributed by atoms with van der Waals surface area (Å²) in [6, 6.07) is -0.607. The Kier molecular flexibility index (Phi) is 27.2. The number of ether oxygens (including phenoxy) is 2. The number of likely N-dealkylation sites (N-methyl/N-ethyl adjacent to an activating group) is 1. The number of hydrogen-bond donors (Lipinski definition) is 3. The van der Waals surface area contributed by atoms with Crippen molar-refractivity contribution in [2.24, 2.45) is 23.0 Å². The maximum atomic E-state index is 13.7. The Labute approximate surface area is 304 Å². The summed E-state index contributed by atoms with van der Waals surface area (Å²) in [5.41, 5.74) is 6.70. The quantitative estimate of drug-likeness (QED) is 0.123. The van der Waals surface area contributed by atoms with Gasteiger partial charge in [0, 0.05) is 34.4 Å². The monoisotopic (exact) mass is 708 g/mol. The van der Waals surface area contributed by atoms with Crippen molar-refractivity contribution in [1.82, 2.24) is 20.4 Å². The summed E-state index contributed by atoms with van der Waals surface area (Å²) in [7, 11) is 4.81. The van der Waals surface area contributed by atoms with Gasteiger partial charge in [0.2, 0.25) is 24.1 Å². The molecular formula is C39H73N5O6. The Morgan fingerprint density at radius 3 is 2.18 bits per heavy atom. The molecule has 0 spiro atoms. The van der Waals surface area contributed by atoms with Gasteiger partial charge in [-0.15, -0.1) is 0 Å². The molecule has 1 aliphatic heterocycles. The SMILES string of the molecule is C=C/C=C(\C=C/C)CCNC(=O)C(C)C(OC)C1CCCN1C(=O)CC(OC)C(C(C)CC)N(C)C(=O)CNC=O.CC(C)(C)CN.CCC. The van der Waals surface area contributed by atoms with Gasteiger partial charge in [0.05, 0.1) is 43.2 Å². The number of nitrogens with one attached hydrogen (secondary N) is 2. The van der Waals surface area contributed by atoms with Gasteiger partial charge < -0.3 is 35.6 Å². The van der Waals surface area contributed by atoms with E-state index in [4.69, 9.17) is 15.2 Å². The van der Waals surface area contributed by atoms with Crippen LogP contribution in [0.1, 0.15) is 101 Å². The summed E-state index contributed by atoms with van der Waals surface area (Å²) in [5.74, 6) is -0.887. The molecule has 1 fully saturated rings. The number of carbonyl (C=O) groups excluding carboxylic acids is 4. The first-order valence-electron chi connectivity index (χ1n) is 18.3. The van der Waals surface area contributed by atoms with Crippen LogP contribution in [0.25, 0.3) is 0 Å². The lowest BCUT2D eigenvalue weighted by molar-refractivity contribution is -0.145. The van der Waals surface area contributed by atoms with E-state index in [-0.39, 0.29) is 48.7 Å². The zero-order valence-electron chi connectivity index (χ0n) is 33.6. The predicted molar refractivity (Wildman–Crippen MR) is 205 cm³/mol. The number of likely N-dealkylation sites (tertiary alicyclic amines) is 1. The van der Waals surface area contributed by atoms with Crippen LogP contribution in [-0.2, 0) is 28.7 Å². The van der Waals surface area contributed by atoms with Crippen molar-refractivity contribution in [2.45, 2.75) is 125 Å². The summed E-state index contributed by atoms with van der Waals surface area (Å²) in [6.45, 7) is 23.9. The Balaban J connectivity index is 0. The first-order chi connectivity index (χ1) is 23.6. The standard InChI is InChI=1S/C31H52N4O6.C5H13N.C3H8/c1-9-13-24(14-10-2)16-17-33-31(39)23(5)30(41-8)25-15-12-18-35(25)27(37)19-26(40-7)29(22(4)11-3)34(6)28(38)20-32-21-36;1-5(2,3)4-6;1-3-2/h9-10,13-14,21-23,25-26,29-30H,1,11-12,15-20H2,2-8H3,(H,32,36)(H,33,39);4,6H2,1-3H3;3H2,1-2H3/b14-10-,24-13+;;. The van der Waals surface area contributed by atoms with Gasteiger partial charge in [-0.1, -0.05) is 99.1 Å². The smallest absolute Gasteiger partial charge is 0.242 e. The Morgan fingerprint density at radius 2 is 1.72 bits per heavy atom. The molecule has 0 aromatic heterocycles. The first kappa shape index (κ1) is 49.1. The van der Waals surface area contributed by atoms with Gasteiger partial charge in [-0.3, -0.25) is 19.2 Å². The summed E-state index contributed by atoms with van der Waals surface area (Å²) in [5, 5.41) is 5.42. The highest BCUT2D eigenvalue weighted by atomic mass is 16.5. The van der Waals surface area contributed by atoms with Gasteiger partial charge in [-0.05, 0) is 49.6 Å². The molecule has 6 atom stereocenters. The number of methoxy groups -OCH3 is 2. The topological polar surface area (TPSA) is 143 Å². The third-order valence-corrected chi connectivity index (χ3v) is 8.68. The third kappa shape index (κ3) is 18.8. The second-order valence-electron chi connectivity index (χ2n) is 14.1. The fraction of sp³-hybridized carbons (Fsp3) is 0.744.